The van der Waals surface area contributed by atoms with Crippen molar-refractivity contribution in [1.29, 1.82) is 0 Å². The van der Waals surface area contributed by atoms with Crippen LogP contribution in [0.5, 0.6) is 0 Å². The Labute approximate surface area is 140 Å². The minimum Gasteiger partial charge on any atom is -0.381 e. The normalized spacial score (nSPS) is 23.5. The highest BCUT2D eigenvalue weighted by atomic mass is 32.2. The van der Waals surface area contributed by atoms with Crippen LogP contribution in [0.1, 0.15) is 18.2 Å². The van der Waals surface area contributed by atoms with Crippen molar-refractivity contribution in [3.05, 3.63) is 30.1 Å². The first-order valence-corrected chi connectivity index (χ1v) is 9.91. The molecule has 4 rings (SSSR count). The van der Waals surface area contributed by atoms with Gasteiger partial charge in [0.05, 0.1) is 23.7 Å². The molecule has 1 atom stereocenters. The van der Waals surface area contributed by atoms with Crippen LogP contribution in [0, 0.1) is 0 Å². The van der Waals surface area contributed by atoms with Crippen LogP contribution in [-0.2, 0) is 14.6 Å². The highest BCUT2D eigenvalue weighted by Crippen LogP contribution is 2.32. The van der Waals surface area contributed by atoms with Crippen LogP contribution < -0.4 is 4.90 Å². The molecule has 7 nitrogen and oxygen atoms in total. The van der Waals surface area contributed by atoms with Crippen LogP contribution in [0.4, 0.5) is 5.69 Å². The maximum Gasteiger partial charge on any atom is 0.260 e. The molecule has 0 amide bonds. The average Bonchev–Trinajstić information content (AvgIpc) is 3.26. The predicted molar refractivity (Wildman–Crippen MR) is 88.8 cm³/mol. The van der Waals surface area contributed by atoms with E-state index in [9.17, 15) is 8.42 Å². The highest BCUT2D eigenvalue weighted by Gasteiger charge is 2.27. The zero-order chi connectivity index (χ0) is 16.6. The van der Waals surface area contributed by atoms with Gasteiger partial charge in [-0.25, -0.2) is 8.42 Å². The van der Waals surface area contributed by atoms with Crippen LogP contribution in [0.2, 0.25) is 0 Å². The van der Waals surface area contributed by atoms with Gasteiger partial charge in [-0.2, -0.15) is 4.98 Å². The van der Waals surface area contributed by atoms with Gasteiger partial charge >= 0.3 is 0 Å². The summed E-state index contributed by atoms with van der Waals surface area (Å²) in [6, 6.07) is 7.75. The number of nitrogens with zero attached hydrogens (tertiary/aromatic N) is 3. The maximum absolute atomic E-state index is 11.7. The van der Waals surface area contributed by atoms with Gasteiger partial charge in [-0.15, -0.1) is 0 Å². The molecule has 2 aromatic rings. The number of rotatable bonds is 3. The minimum atomic E-state index is -2.92. The lowest BCUT2D eigenvalue weighted by molar-refractivity contribution is 0.192. The molecule has 0 saturated carbocycles. The third-order valence-corrected chi connectivity index (χ3v) is 6.17. The SMILES string of the molecule is O=S1(=O)CCN(c2ccccc2-c2nc([C@@H]3CCOC3)no2)CC1. The van der Waals surface area contributed by atoms with Crippen LogP contribution in [0.15, 0.2) is 28.8 Å². The molecule has 2 fully saturated rings. The molecule has 3 heterocycles. The molecule has 0 spiro atoms. The molecule has 0 radical (unpaired) electrons. The Morgan fingerprint density at radius 3 is 2.71 bits per heavy atom. The van der Waals surface area contributed by atoms with Crippen molar-refractivity contribution in [3.63, 3.8) is 0 Å². The second-order valence-electron chi connectivity index (χ2n) is 6.17. The van der Waals surface area contributed by atoms with Crippen molar-refractivity contribution >= 4 is 15.5 Å². The number of sulfone groups is 1. The van der Waals surface area contributed by atoms with E-state index in [0.717, 1.165) is 24.3 Å². The van der Waals surface area contributed by atoms with Gasteiger partial charge in [0.2, 0.25) is 0 Å². The molecule has 2 aliphatic heterocycles. The number of benzene rings is 1. The zero-order valence-corrected chi connectivity index (χ0v) is 14.0. The van der Waals surface area contributed by atoms with E-state index in [1.165, 1.54) is 0 Å². The van der Waals surface area contributed by atoms with Crippen molar-refractivity contribution in [2.45, 2.75) is 12.3 Å². The summed E-state index contributed by atoms with van der Waals surface area (Å²) in [5.41, 5.74) is 1.78. The Kier molecular flexibility index (Phi) is 4.01. The average molecular weight is 349 g/mol. The van der Waals surface area contributed by atoms with Gasteiger partial charge in [0, 0.05) is 31.3 Å². The van der Waals surface area contributed by atoms with Crippen LogP contribution in [0.25, 0.3) is 11.5 Å². The summed E-state index contributed by atoms with van der Waals surface area (Å²) in [7, 11) is -2.92. The Bertz CT molecular complexity index is 813. The summed E-state index contributed by atoms with van der Waals surface area (Å²) in [4.78, 5) is 6.61. The van der Waals surface area contributed by atoms with E-state index in [2.05, 4.69) is 15.0 Å². The van der Waals surface area contributed by atoms with E-state index in [-0.39, 0.29) is 17.4 Å². The van der Waals surface area contributed by atoms with Crippen molar-refractivity contribution in [2.75, 3.05) is 42.7 Å². The summed E-state index contributed by atoms with van der Waals surface area (Å²) < 4.78 is 34.2. The van der Waals surface area contributed by atoms with Crippen LogP contribution >= 0.6 is 0 Å². The summed E-state index contributed by atoms with van der Waals surface area (Å²) in [6.45, 7) is 2.32. The molecule has 0 bridgehead atoms. The van der Waals surface area contributed by atoms with Gasteiger partial charge in [0.15, 0.2) is 15.7 Å². The number of anilines is 1. The summed E-state index contributed by atoms with van der Waals surface area (Å²) in [5, 5.41) is 4.10. The molecule has 0 aliphatic carbocycles. The van der Waals surface area contributed by atoms with Crippen molar-refractivity contribution in [2.24, 2.45) is 0 Å². The van der Waals surface area contributed by atoms with Gasteiger partial charge in [-0.1, -0.05) is 17.3 Å². The number of hydrogen-bond acceptors (Lipinski definition) is 7. The first kappa shape index (κ1) is 15.6. The monoisotopic (exact) mass is 349 g/mol. The van der Waals surface area contributed by atoms with Gasteiger partial charge in [-0.3, -0.25) is 0 Å². The number of hydrogen-bond donors (Lipinski definition) is 0. The first-order chi connectivity index (χ1) is 11.6. The summed E-state index contributed by atoms with van der Waals surface area (Å²) in [6.07, 6.45) is 0.907. The summed E-state index contributed by atoms with van der Waals surface area (Å²) >= 11 is 0. The molecule has 2 saturated heterocycles. The van der Waals surface area contributed by atoms with E-state index >= 15 is 0 Å². The fourth-order valence-corrected chi connectivity index (χ4v) is 4.33. The second-order valence-corrected chi connectivity index (χ2v) is 8.48. The molecule has 24 heavy (non-hydrogen) atoms. The Hall–Kier alpha value is -1.93. The van der Waals surface area contributed by atoms with Gasteiger partial charge in [0.1, 0.15) is 0 Å². The quantitative estimate of drug-likeness (QED) is 0.829. The third-order valence-electron chi connectivity index (χ3n) is 4.56. The Morgan fingerprint density at radius 2 is 1.96 bits per heavy atom. The second kappa shape index (κ2) is 6.18. The third kappa shape index (κ3) is 3.03. The zero-order valence-electron chi connectivity index (χ0n) is 13.2. The van der Waals surface area contributed by atoms with E-state index in [1.807, 2.05) is 24.3 Å². The smallest absolute Gasteiger partial charge is 0.260 e. The molecule has 2 aliphatic rings. The van der Waals surface area contributed by atoms with Gasteiger partial charge in [0.25, 0.3) is 5.89 Å². The van der Waals surface area contributed by atoms with Gasteiger partial charge < -0.3 is 14.2 Å². The largest absolute Gasteiger partial charge is 0.381 e. The number of ether oxygens (including phenoxy) is 1. The van der Waals surface area contributed by atoms with Crippen LogP contribution in [0.3, 0.4) is 0 Å². The fourth-order valence-electron chi connectivity index (χ4n) is 3.13. The van der Waals surface area contributed by atoms with Gasteiger partial charge in [-0.05, 0) is 18.6 Å². The van der Waals surface area contributed by atoms with Crippen LogP contribution in [-0.4, -0.2) is 56.4 Å². The standard InChI is InChI=1S/C16H19N3O4S/c20-24(21)9-6-19(7-10-24)14-4-2-1-3-13(14)16-17-15(18-23-16)12-5-8-22-11-12/h1-4,12H,5-11H2/t12-/m1/s1. The molecule has 1 aromatic heterocycles. The molecule has 0 unspecified atom stereocenters. The molecule has 8 heteroatoms. The molecule has 128 valence electrons. The van der Waals surface area contributed by atoms with E-state index < -0.39 is 9.84 Å². The fraction of sp³-hybridized carbons (Fsp3) is 0.500. The number of para-hydroxylation sites is 1. The van der Waals surface area contributed by atoms with E-state index in [1.54, 1.807) is 0 Å². The molecule has 0 N–H and O–H groups in total. The predicted octanol–water partition coefficient (Wildman–Crippen LogP) is 1.48. The lowest BCUT2D eigenvalue weighted by atomic mass is 10.1. The Morgan fingerprint density at radius 1 is 1.17 bits per heavy atom. The molecule has 1 aromatic carbocycles. The maximum atomic E-state index is 11.7. The summed E-state index contributed by atoms with van der Waals surface area (Å²) in [5.74, 6) is 1.69. The lowest BCUT2D eigenvalue weighted by Crippen LogP contribution is -2.40. The number of aromatic nitrogens is 2. The van der Waals surface area contributed by atoms with E-state index in [4.69, 9.17) is 9.26 Å². The lowest BCUT2D eigenvalue weighted by Gasteiger charge is -2.29. The van der Waals surface area contributed by atoms with Crippen molar-refractivity contribution in [3.8, 4) is 11.5 Å². The molecular weight excluding hydrogens is 330 g/mol. The van der Waals surface area contributed by atoms with Crippen molar-refractivity contribution < 1.29 is 17.7 Å². The van der Waals surface area contributed by atoms with E-state index in [0.29, 0.717) is 31.4 Å². The van der Waals surface area contributed by atoms with Crippen molar-refractivity contribution in [1.82, 2.24) is 10.1 Å². The molecular formula is C16H19N3O4S. The Balaban J connectivity index is 1.62. The highest BCUT2D eigenvalue weighted by molar-refractivity contribution is 7.91. The minimum absolute atomic E-state index is 0.176. The topological polar surface area (TPSA) is 85.5 Å². The first-order valence-electron chi connectivity index (χ1n) is 8.08.